The van der Waals surface area contributed by atoms with Gasteiger partial charge in [0.15, 0.2) is 6.04 Å². The molecule has 98 valence electrons. The first-order chi connectivity index (χ1) is 7.92. The lowest BCUT2D eigenvalue weighted by Gasteiger charge is -2.23. The van der Waals surface area contributed by atoms with E-state index in [-0.39, 0.29) is 6.61 Å². The Bertz CT molecular complexity index is 291. The van der Waals surface area contributed by atoms with E-state index in [4.69, 9.17) is 9.84 Å². The van der Waals surface area contributed by atoms with Gasteiger partial charge in [-0.1, -0.05) is 12.2 Å². The Morgan fingerprint density at radius 3 is 2.47 bits per heavy atom. The standard InChI is InChI=1S/C11H20N2O4/c1-5-13(6-8(2)3)11(16)12-9(7-17-4)10(14)15/h9H,2,5-7H2,1,3-4H3,(H,12,16)(H,14,15). The summed E-state index contributed by atoms with van der Waals surface area (Å²) in [5, 5.41) is 11.3. The molecule has 1 atom stereocenters. The average Bonchev–Trinajstić information content (AvgIpc) is 2.24. The predicted molar refractivity (Wildman–Crippen MR) is 63.9 cm³/mol. The smallest absolute Gasteiger partial charge is 0.328 e. The molecule has 0 radical (unpaired) electrons. The number of carbonyl (C=O) groups is 2. The van der Waals surface area contributed by atoms with Crippen LogP contribution in [0, 0.1) is 0 Å². The summed E-state index contributed by atoms with van der Waals surface area (Å²) in [6.07, 6.45) is 0. The summed E-state index contributed by atoms with van der Waals surface area (Å²) in [4.78, 5) is 24.1. The first-order valence-corrected chi connectivity index (χ1v) is 5.33. The van der Waals surface area contributed by atoms with E-state index in [9.17, 15) is 9.59 Å². The van der Waals surface area contributed by atoms with Crippen molar-refractivity contribution in [2.45, 2.75) is 19.9 Å². The number of nitrogens with zero attached hydrogens (tertiary/aromatic N) is 1. The molecule has 0 saturated carbocycles. The van der Waals surface area contributed by atoms with Gasteiger partial charge in [0.05, 0.1) is 6.61 Å². The molecule has 0 aromatic carbocycles. The maximum Gasteiger partial charge on any atom is 0.328 e. The highest BCUT2D eigenvalue weighted by molar-refractivity contribution is 5.82. The van der Waals surface area contributed by atoms with Crippen LogP contribution in [-0.2, 0) is 9.53 Å². The highest BCUT2D eigenvalue weighted by Gasteiger charge is 2.22. The molecule has 1 unspecified atom stereocenters. The molecule has 0 fully saturated rings. The van der Waals surface area contributed by atoms with Crippen molar-refractivity contribution >= 4 is 12.0 Å². The van der Waals surface area contributed by atoms with Gasteiger partial charge in [0.25, 0.3) is 0 Å². The number of ether oxygens (including phenoxy) is 1. The third-order valence-electron chi connectivity index (χ3n) is 2.06. The van der Waals surface area contributed by atoms with Crippen molar-refractivity contribution in [3.05, 3.63) is 12.2 Å². The first kappa shape index (κ1) is 15.4. The number of amides is 2. The van der Waals surface area contributed by atoms with Crippen molar-refractivity contribution < 1.29 is 19.4 Å². The Morgan fingerprint density at radius 1 is 1.53 bits per heavy atom. The monoisotopic (exact) mass is 244 g/mol. The lowest BCUT2D eigenvalue weighted by Crippen LogP contribution is -2.50. The minimum absolute atomic E-state index is 0.0638. The zero-order valence-electron chi connectivity index (χ0n) is 10.5. The van der Waals surface area contributed by atoms with Gasteiger partial charge < -0.3 is 20.1 Å². The minimum Gasteiger partial charge on any atom is -0.480 e. The lowest BCUT2D eigenvalue weighted by atomic mass is 10.3. The number of rotatable bonds is 7. The first-order valence-electron chi connectivity index (χ1n) is 5.33. The molecule has 0 aromatic heterocycles. The largest absolute Gasteiger partial charge is 0.480 e. The van der Waals surface area contributed by atoms with E-state index in [1.54, 1.807) is 6.92 Å². The van der Waals surface area contributed by atoms with E-state index in [1.807, 2.05) is 6.92 Å². The zero-order chi connectivity index (χ0) is 13.4. The van der Waals surface area contributed by atoms with Gasteiger partial charge in [-0.25, -0.2) is 9.59 Å². The number of urea groups is 1. The Balaban J connectivity index is 4.45. The number of likely N-dealkylation sites (N-methyl/N-ethyl adjacent to an activating group) is 1. The van der Waals surface area contributed by atoms with Crippen molar-refractivity contribution in [3.63, 3.8) is 0 Å². The molecule has 6 nitrogen and oxygen atoms in total. The predicted octanol–water partition coefficient (Wildman–Crippen LogP) is 0.694. The summed E-state index contributed by atoms with van der Waals surface area (Å²) < 4.78 is 4.73. The second kappa shape index (κ2) is 7.67. The number of carbonyl (C=O) groups excluding carboxylic acids is 1. The molecule has 0 aliphatic carbocycles. The summed E-state index contributed by atoms with van der Waals surface area (Å²) in [5.74, 6) is -1.12. The van der Waals surface area contributed by atoms with Crippen LogP contribution in [0.3, 0.4) is 0 Å². The molecular formula is C11H20N2O4. The summed E-state index contributed by atoms with van der Waals surface area (Å²) >= 11 is 0. The van der Waals surface area contributed by atoms with Crippen LogP contribution in [-0.4, -0.2) is 54.9 Å². The van der Waals surface area contributed by atoms with Crippen molar-refractivity contribution in [3.8, 4) is 0 Å². The Kier molecular flexibility index (Phi) is 6.97. The number of hydrogen-bond donors (Lipinski definition) is 2. The Hall–Kier alpha value is -1.56. The van der Waals surface area contributed by atoms with Gasteiger partial charge in [0.2, 0.25) is 0 Å². The molecule has 0 aliphatic heterocycles. The molecule has 0 bridgehead atoms. The highest BCUT2D eigenvalue weighted by atomic mass is 16.5. The van der Waals surface area contributed by atoms with Crippen LogP contribution in [0.4, 0.5) is 4.79 Å². The Morgan fingerprint density at radius 2 is 2.12 bits per heavy atom. The van der Waals surface area contributed by atoms with E-state index in [0.29, 0.717) is 13.1 Å². The zero-order valence-corrected chi connectivity index (χ0v) is 10.5. The fourth-order valence-electron chi connectivity index (χ4n) is 1.23. The van der Waals surface area contributed by atoms with Gasteiger partial charge >= 0.3 is 12.0 Å². The van der Waals surface area contributed by atoms with E-state index in [1.165, 1.54) is 12.0 Å². The highest BCUT2D eigenvalue weighted by Crippen LogP contribution is 1.97. The molecule has 2 N–H and O–H groups in total. The molecule has 17 heavy (non-hydrogen) atoms. The third-order valence-corrected chi connectivity index (χ3v) is 2.06. The van der Waals surface area contributed by atoms with E-state index in [0.717, 1.165) is 5.57 Å². The minimum atomic E-state index is -1.12. The Labute approximate surface area is 101 Å². The van der Waals surface area contributed by atoms with Crippen LogP contribution >= 0.6 is 0 Å². The summed E-state index contributed by atoms with van der Waals surface area (Å²) in [7, 11) is 1.38. The van der Waals surface area contributed by atoms with E-state index < -0.39 is 18.0 Å². The number of carboxylic acids is 1. The molecule has 0 heterocycles. The average molecular weight is 244 g/mol. The number of methoxy groups -OCH3 is 1. The summed E-state index contributed by atoms with van der Waals surface area (Å²) in [6, 6.07) is -1.47. The van der Waals surface area contributed by atoms with Crippen LogP contribution in [0.1, 0.15) is 13.8 Å². The number of nitrogens with one attached hydrogen (secondary N) is 1. The van der Waals surface area contributed by atoms with Crippen molar-refractivity contribution in [1.29, 1.82) is 0 Å². The molecule has 0 saturated heterocycles. The van der Waals surface area contributed by atoms with Gasteiger partial charge in [0.1, 0.15) is 0 Å². The fourth-order valence-corrected chi connectivity index (χ4v) is 1.23. The quantitative estimate of drug-likeness (QED) is 0.646. The van der Waals surface area contributed by atoms with Gasteiger partial charge in [-0.15, -0.1) is 0 Å². The molecule has 2 amide bonds. The molecule has 0 aliphatic rings. The van der Waals surface area contributed by atoms with Crippen LogP contribution in [0.2, 0.25) is 0 Å². The van der Waals surface area contributed by atoms with Crippen LogP contribution in [0.25, 0.3) is 0 Å². The SMILES string of the molecule is C=C(C)CN(CC)C(=O)NC(COC)C(=O)O. The lowest BCUT2D eigenvalue weighted by molar-refractivity contribution is -0.140. The summed E-state index contributed by atoms with van der Waals surface area (Å²) in [6.45, 7) is 8.16. The van der Waals surface area contributed by atoms with Crippen LogP contribution in [0.15, 0.2) is 12.2 Å². The van der Waals surface area contributed by atoms with Gasteiger partial charge in [-0.05, 0) is 13.8 Å². The van der Waals surface area contributed by atoms with E-state index >= 15 is 0 Å². The van der Waals surface area contributed by atoms with Crippen molar-refractivity contribution in [2.75, 3.05) is 26.8 Å². The van der Waals surface area contributed by atoms with Gasteiger partial charge in [-0.3, -0.25) is 0 Å². The molecule has 6 heteroatoms. The second-order valence-electron chi connectivity index (χ2n) is 3.77. The molecule has 0 rings (SSSR count). The molecular weight excluding hydrogens is 224 g/mol. The normalized spacial score (nSPS) is 11.7. The number of aliphatic carboxylic acids is 1. The van der Waals surface area contributed by atoms with Crippen molar-refractivity contribution in [2.24, 2.45) is 0 Å². The number of hydrogen-bond acceptors (Lipinski definition) is 3. The van der Waals surface area contributed by atoms with E-state index in [2.05, 4.69) is 11.9 Å². The summed E-state index contributed by atoms with van der Waals surface area (Å²) in [5.41, 5.74) is 0.834. The van der Waals surface area contributed by atoms with Crippen molar-refractivity contribution in [1.82, 2.24) is 10.2 Å². The van der Waals surface area contributed by atoms with Crippen LogP contribution in [0.5, 0.6) is 0 Å². The maximum atomic E-state index is 11.8. The topological polar surface area (TPSA) is 78.9 Å². The third kappa shape index (κ3) is 5.91. The molecule has 0 aromatic rings. The van der Waals surface area contributed by atoms with Gasteiger partial charge in [0, 0.05) is 20.2 Å². The maximum absolute atomic E-state index is 11.8. The van der Waals surface area contributed by atoms with Gasteiger partial charge in [-0.2, -0.15) is 0 Å². The van der Waals surface area contributed by atoms with Crippen LogP contribution < -0.4 is 5.32 Å². The second-order valence-corrected chi connectivity index (χ2v) is 3.77. The fraction of sp³-hybridized carbons (Fsp3) is 0.636. The molecule has 0 spiro atoms. The number of carboxylic acid groups (broad SMARTS) is 1.